The zero-order chi connectivity index (χ0) is 11.9. The highest BCUT2D eigenvalue weighted by Gasteiger charge is 2.23. The van der Waals surface area contributed by atoms with Crippen LogP contribution in [-0.2, 0) is 18.6 Å². The number of pyridine rings is 1. The first-order valence-electron chi connectivity index (χ1n) is 5.54. The van der Waals surface area contributed by atoms with Crippen molar-refractivity contribution in [1.29, 1.82) is 0 Å². The summed E-state index contributed by atoms with van der Waals surface area (Å²) in [6.07, 6.45) is 0.868. The fourth-order valence-electron chi connectivity index (χ4n) is 2.10. The molecule has 1 aliphatic rings. The van der Waals surface area contributed by atoms with Gasteiger partial charge in [-0.15, -0.1) is 0 Å². The van der Waals surface area contributed by atoms with Gasteiger partial charge in [0.25, 0.3) is 5.56 Å². The maximum absolute atomic E-state index is 11.8. The van der Waals surface area contributed by atoms with Crippen LogP contribution in [0.1, 0.15) is 30.7 Å². The molecule has 1 aromatic heterocycles. The number of likely N-dealkylation sites (N-methyl/N-ethyl adjacent to an activating group) is 1. The van der Waals surface area contributed by atoms with Crippen molar-refractivity contribution in [3.63, 3.8) is 0 Å². The molecule has 0 saturated carbocycles. The van der Waals surface area contributed by atoms with Crippen molar-refractivity contribution in [3.05, 3.63) is 33.2 Å². The van der Waals surface area contributed by atoms with Crippen LogP contribution in [0.2, 0.25) is 0 Å². The molecule has 2 N–H and O–H groups in total. The van der Waals surface area contributed by atoms with Gasteiger partial charge in [0.15, 0.2) is 0 Å². The van der Waals surface area contributed by atoms with Crippen LogP contribution in [0.25, 0.3) is 0 Å². The van der Waals surface area contributed by atoms with E-state index < -0.39 is 5.60 Å². The maximum Gasteiger partial charge on any atom is 0.254 e. The zero-order valence-corrected chi connectivity index (χ0v) is 10.0. The van der Waals surface area contributed by atoms with E-state index in [1.165, 1.54) is 0 Å². The standard InChI is InChI=1S/C12H18N2O2/c1-12(2,16)9-6-8-7-14(3)5-4-10(8)13-11(9)15/h6,16H,4-5,7H2,1-3H3,(H,13,15). The third-order valence-electron chi connectivity index (χ3n) is 3.06. The van der Waals surface area contributed by atoms with Crippen molar-refractivity contribution in [3.8, 4) is 0 Å². The van der Waals surface area contributed by atoms with Gasteiger partial charge in [0, 0.05) is 30.8 Å². The molecule has 0 aliphatic carbocycles. The second kappa shape index (κ2) is 3.71. The molecule has 1 aromatic rings. The van der Waals surface area contributed by atoms with Crippen LogP contribution in [0.3, 0.4) is 0 Å². The normalized spacial score (nSPS) is 17.2. The first-order valence-corrected chi connectivity index (χ1v) is 5.54. The zero-order valence-electron chi connectivity index (χ0n) is 10.0. The Hall–Kier alpha value is -1.13. The van der Waals surface area contributed by atoms with Crippen LogP contribution in [-0.4, -0.2) is 28.6 Å². The summed E-state index contributed by atoms with van der Waals surface area (Å²) in [5.41, 5.74) is 1.32. The fraction of sp³-hybridized carbons (Fsp3) is 0.583. The maximum atomic E-state index is 11.8. The number of H-pyrrole nitrogens is 1. The molecule has 0 atom stereocenters. The van der Waals surface area contributed by atoms with E-state index in [0.717, 1.165) is 30.8 Å². The van der Waals surface area contributed by atoms with Crippen LogP contribution in [0.15, 0.2) is 10.9 Å². The van der Waals surface area contributed by atoms with Gasteiger partial charge < -0.3 is 15.0 Å². The summed E-state index contributed by atoms with van der Waals surface area (Å²) in [6, 6.07) is 1.84. The topological polar surface area (TPSA) is 56.3 Å². The third kappa shape index (κ3) is 2.03. The molecule has 0 unspecified atom stereocenters. The molecule has 0 bridgehead atoms. The highest BCUT2D eigenvalue weighted by atomic mass is 16.3. The lowest BCUT2D eigenvalue weighted by atomic mass is 9.95. The molecule has 2 heterocycles. The Morgan fingerprint density at radius 2 is 2.19 bits per heavy atom. The molecular weight excluding hydrogens is 204 g/mol. The average molecular weight is 222 g/mol. The van der Waals surface area contributed by atoms with E-state index in [1.807, 2.05) is 6.07 Å². The highest BCUT2D eigenvalue weighted by molar-refractivity contribution is 5.30. The van der Waals surface area contributed by atoms with Gasteiger partial charge in [-0.05, 0) is 32.5 Å². The molecule has 0 spiro atoms. The van der Waals surface area contributed by atoms with Gasteiger partial charge in [-0.2, -0.15) is 0 Å². The molecule has 0 saturated heterocycles. The molecule has 0 fully saturated rings. The largest absolute Gasteiger partial charge is 0.386 e. The Labute approximate surface area is 94.9 Å². The Morgan fingerprint density at radius 3 is 2.81 bits per heavy atom. The van der Waals surface area contributed by atoms with E-state index in [0.29, 0.717) is 5.56 Å². The fourth-order valence-corrected chi connectivity index (χ4v) is 2.10. The Kier molecular flexibility index (Phi) is 2.64. The minimum absolute atomic E-state index is 0.171. The van der Waals surface area contributed by atoms with Gasteiger partial charge in [0.05, 0.1) is 5.60 Å². The summed E-state index contributed by atoms with van der Waals surface area (Å²) in [7, 11) is 2.05. The van der Waals surface area contributed by atoms with E-state index in [9.17, 15) is 9.90 Å². The Bertz CT molecular complexity index is 457. The van der Waals surface area contributed by atoms with Crippen molar-refractivity contribution in [2.75, 3.05) is 13.6 Å². The van der Waals surface area contributed by atoms with Gasteiger partial charge in [0.1, 0.15) is 0 Å². The molecule has 0 radical (unpaired) electrons. The molecule has 0 amide bonds. The molecule has 2 rings (SSSR count). The number of hydrogen-bond acceptors (Lipinski definition) is 3. The van der Waals surface area contributed by atoms with Crippen LogP contribution in [0.4, 0.5) is 0 Å². The van der Waals surface area contributed by atoms with Crippen molar-refractivity contribution < 1.29 is 5.11 Å². The summed E-state index contributed by atoms with van der Waals surface area (Å²) in [6.45, 7) is 5.06. The van der Waals surface area contributed by atoms with Crippen LogP contribution < -0.4 is 5.56 Å². The number of nitrogens with one attached hydrogen (secondary N) is 1. The summed E-state index contributed by atoms with van der Waals surface area (Å²) < 4.78 is 0. The van der Waals surface area contributed by atoms with Gasteiger partial charge in [0.2, 0.25) is 0 Å². The number of aliphatic hydroxyl groups is 1. The van der Waals surface area contributed by atoms with Crippen LogP contribution in [0.5, 0.6) is 0 Å². The number of aromatic nitrogens is 1. The minimum atomic E-state index is -1.08. The number of rotatable bonds is 1. The van der Waals surface area contributed by atoms with Crippen molar-refractivity contribution in [2.24, 2.45) is 0 Å². The van der Waals surface area contributed by atoms with Gasteiger partial charge in [-0.25, -0.2) is 0 Å². The summed E-state index contributed by atoms with van der Waals surface area (Å²) in [5.74, 6) is 0. The number of fused-ring (bicyclic) bond motifs is 1. The van der Waals surface area contributed by atoms with E-state index in [4.69, 9.17) is 0 Å². The molecule has 4 heteroatoms. The first kappa shape index (κ1) is 11.4. The Morgan fingerprint density at radius 1 is 1.50 bits per heavy atom. The lowest BCUT2D eigenvalue weighted by Crippen LogP contribution is -2.33. The van der Waals surface area contributed by atoms with Crippen LogP contribution >= 0.6 is 0 Å². The molecule has 1 aliphatic heterocycles. The molecule has 88 valence electrons. The number of nitrogens with zero attached hydrogens (tertiary/aromatic N) is 1. The molecule has 0 aromatic carbocycles. The molecule has 4 nitrogen and oxygen atoms in total. The monoisotopic (exact) mass is 222 g/mol. The lowest BCUT2D eigenvalue weighted by molar-refractivity contribution is 0.0767. The summed E-state index contributed by atoms with van der Waals surface area (Å²) in [4.78, 5) is 16.9. The summed E-state index contributed by atoms with van der Waals surface area (Å²) in [5, 5.41) is 9.90. The van der Waals surface area contributed by atoms with E-state index >= 15 is 0 Å². The third-order valence-corrected chi connectivity index (χ3v) is 3.06. The Balaban J connectivity index is 2.52. The molecular formula is C12H18N2O2. The average Bonchev–Trinajstić information content (AvgIpc) is 2.16. The van der Waals surface area contributed by atoms with Crippen LogP contribution in [0, 0.1) is 0 Å². The van der Waals surface area contributed by atoms with E-state index in [-0.39, 0.29) is 5.56 Å². The predicted octanol–water partition coefficient (Wildman–Crippen LogP) is 0.590. The second-order valence-electron chi connectivity index (χ2n) is 5.06. The highest BCUT2D eigenvalue weighted by Crippen LogP contribution is 2.21. The van der Waals surface area contributed by atoms with Gasteiger partial charge in [-0.3, -0.25) is 4.79 Å². The second-order valence-corrected chi connectivity index (χ2v) is 5.06. The number of aromatic amines is 1. The molecule has 16 heavy (non-hydrogen) atoms. The van der Waals surface area contributed by atoms with Gasteiger partial charge >= 0.3 is 0 Å². The van der Waals surface area contributed by atoms with Crippen molar-refractivity contribution >= 4 is 0 Å². The first-order chi connectivity index (χ1) is 7.38. The van der Waals surface area contributed by atoms with Crippen molar-refractivity contribution in [1.82, 2.24) is 9.88 Å². The van der Waals surface area contributed by atoms with Crippen molar-refractivity contribution in [2.45, 2.75) is 32.4 Å². The van der Waals surface area contributed by atoms with E-state index in [2.05, 4.69) is 16.9 Å². The SMILES string of the molecule is CN1CCc2[nH]c(=O)c(C(C)(C)O)cc2C1. The smallest absolute Gasteiger partial charge is 0.254 e. The van der Waals surface area contributed by atoms with E-state index in [1.54, 1.807) is 13.8 Å². The lowest BCUT2D eigenvalue weighted by Gasteiger charge is -2.26. The number of hydrogen-bond donors (Lipinski definition) is 2. The quantitative estimate of drug-likeness (QED) is 0.731. The summed E-state index contributed by atoms with van der Waals surface area (Å²) >= 11 is 0. The minimum Gasteiger partial charge on any atom is -0.386 e. The predicted molar refractivity (Wildman–Crippen MR) is 62.3 cm³/mol. The van der Waals surface area contributed by atoms with Gasteiger partial charge in [-0.1, -0.05) is 0 Å².